The summed E-state index contributed by atoms with van der Waals surface area (Å²) in [5.74, 6) is 0. The van der Waals surface area contributed by atoms with Crippen LogP contribution in [0.2, 0.25) is 0 Å². The first-order chi connectivity index (χ1) is 14.2. The first kappa shape index (κ1) is 18.6. The molecule has 2 aliphatic rings. The predicted molar refractivity (Wildman–Crippen MR) is 115 cm³/mol. The normalized spacial score (nSPS) is 26.9. The molecule has 3 aromatic rings. The zero-order chi connectivity index (χ0) is 19.7. The lowest BCUT2D eigenvalue weighted by Gasteiger charge is -2.52. The topological polar surface area (TPSA) is 32.7 Å². The molecule has 0 spiro atoms. The third-order valence-corrected chi connectivity index (χ3v) is 6.44. The van der Waals surface area contributed by atoms with Gasteiger partial charge in [0.05, 0.1) is 18.8 Å². The minimum atomic E-state index is -0.790. The van der Waals surface area contributed by atoms with Crippen molar-refractivity contribution in [1.82, 2.24) is 4.90 Å². The van der Waals surface area contributed by atoms with Crippen molar-refractivity contribution in [3.63, 3.8) is 0 Å². The maximum Gasteiger partial charge on any atom is 0.0928 e. The minimum Gasteiger partial charge on any atom is -0.385 e. The Balaban J connectivity index is 1.37. The summed E-state index contributed by atoms with van der Waals surface area (Å²) in [4.78, 5) is 2.53. The molecule has 5 rings (SSSR count). The molecule has 29 heavy (non-hydrogen) atoms. The van der Waals surface area contributed by atoms with E-state index in [1.54, 1.807) is 0 Å². The zero-order valence-electron chi connectivity index (χ0n) is 16.6. The number of fused-ring (bicyclic) bond motifs is 2. The number of aliphatic hydroxyl groups is 1. The van der Waals surface area contributed by atoms with Crippen LogP contribution in [0.25, 0.3) is 11.1 Å². The maximum absolute atomic E-state index is 11.6. The highest BCUT2D eigenvalue weighted by Crippen LogP contribution is 2.42. The Morgan fingerprint density at radius 3 is 1.93 bits per heavy atom. The smallest absolute Gasteiger partial charge is 0.0928 e. The number of hydrogen-bond donors (Lipinski definition) is 1. The summed E-state index contributed by atoms with van der Waals surface area (Å²) in [5, 5.41) is 11.6. The number of ether oxygens (including phenoxy) is 1. The van der Waals surface area contributed by atoms with Crippen LogP contribution < -0.4 is 0 Å². The fourth-order valence-corrected chi connectivity index (χ4v) is 4.94. The van der Waals surface area contributed by atoms with Crippen LogP contribution in [0.3, 0.4) is 0 Å². The Kier molecular flexibility index (Phi) is 4.96. The van der Waals surface area contributed by atoms with Gasteiger partial charge in [0.15, 0.2) is 0 Å². The molecule has 3 nitrogen and oxygen atoms in total. The molecule has 2 bridgehead atoms. The highest BCUT2D eigenvalue weighted by Gasteiger charge is 2.46. The molecule has 1 N–H and O–H groups in total. The minimum absolute atomic E-state index is 0.238. The van der Waals surface area contributed by atoms with Gasteiger partial charge in [-0.05, 0) is 35.1 Å². The van der Waals surface area contributed by atoms with Crippen LogP contribution in [0.5, 0.6) is 0 Å². The molecule has 2 unspecified atom stereocenters. The highest BCUT2D eigenvalue weighted by atomic mass is 16.5. The number of hydrogen-bond acceptors (Lipinski definition) is 3. The predicted octanol–water partition coefficient (Wildman–Crippen LogP) is 4.60. The van der Waals surface area contributed by atoms with E-state index in [0.29, 0.717) is 26.1 Å². The Hall–Kier alpha value is -2.46. The van der Waals surface area contributed by atoms with E-state index in [-0.39, 0.29) is 12.1 Å². The van der Waals surface area contributed by atoms with E-state index in [9.17, 15) is 5.11 Å². The lowest BCUT2D eigenvalue weighted by molar-refractivity contribution is -0.149. The third-order valence-electron chi connectivity index (χ3n) is 6.44. The Bertz CT molecular complexity index is 925. The van der Waals surface area contributed by atoms with E-state index < -0.39 is 5.60 Å². The van der Waals surface area contributed by atoms with Crippen LogP contribution in [0.15, 0.2) is 84.9 Å². The molecule has 2 atom stereocenters. The molecule has 0 amide bonds. The SMILES string of the molecule is OC1(c2ccc(-c3ccccc3)cc2)CC2COCC(C1)N2Cc1ccccc1. The summed E-state index contributed by atoms with van der Waals surface area (Å²) in [6.45, 7) is 2.30. The average molecular weight is 386 g/mol. The van der Waals surface area contributed by atoms with E-state index in [0.717, 1.165) is 12.1 Å². The fraction of sp³-hybridized carbons (Fsp3) is 0.308. The van der Waals surface area contributed by atoms with Crippen molar-refractivity contribution in [1.29, 1.82) is 0 Å². The van der Waals surface area contributed by atoms with Gasteiger partial charge in [0.25, 0.3) is 0 Å². The number of rotatable bonds is 4. The summed E-state index contributed by atoms with van der Waals surface area (Å²) in [6.07, 6.45) is 1.42. The van der Waals surface area contributed by atoms with Gasteiger partial charge in [-0.1, -0.05) is 84.9 Å². The van der Waals surface area contributed by atoms with Crippen LogP contribution in [0.4, 0.5) is 0 Å². The first-order valence-corrected chi connectivity index (χ1v) is 10.5. The first-order valence-electron chi connectivity index (χ1n) is 10.5. The van der Waals surface area contributed by atoms with Gasteiger partial charge in [-0.25, -0.2) is 0 Å². The van der Waals surface area contributed by atoms with Crippen molar-refractivity contribution in [2.24, 2.45) is 0 Å². The van der Waals surface area contributed by atoms with Gasteiger partial charge in [-0.2, -0.15) is 0 Å². The lowest BCUT2D eigenvalue weighted by atomic mass is 9.76. The Labute approximate surface area is 172 Å². The third kappa shape index (κ3) is 3.74. The maximum atomic E-state index is 11.6. The van der Waals surface area contributed by atoms with E-state index in [1.807, 2.05) is 6.07 Å². The van der Waals surface area contributed by atoms with Gasteiger partial charge in [0.2, 0.25) is 0 Å². The van der Waals surface area contributed by atoms with Gasteiger partial charge < -0.3 is 9.84 Å². The van der Waals surface area contributed by atoms with Crippen LogP contribution in [-0.4, -0.2) is 35.3 Å². The molecule has 3 heteroatoms. The molecule has 0 radical (unpaired) electrons. The summed E-state index contributed by atoms with van der Waals surface area (Å²) >= 11 is 0. The second kappa shape index (κ2) is 7.75. The van der Waals surface area contributed by atoms with Gasteiger partial charge >= 0.3 is 0 Å². The number of benzene rings is 3. The summed E-state index contributed by atoms with van der Waals surface area (Å²) < 4.78 is 5.86. The lowest BCUT2D eigenvalue weighted by Crippen LogP contribution is -2.60. The van der Waals surface area contributed by atoms with Crippen molar-refractivity contribution in [3.8, 4) is 11.1 Å². The molecule has 148 valence electrons. The molecular weight excluding hydrogens is 358 g/mol. The standard InChI is InChI=1S/C26H27NO2/c28-26(23-13-11-22(12-14-23)21-9-5-2-6-10-21)15-24-18-29-19-25(16-26)27(24)17-20-7-3-1-4-8-20/h1-14,24-25,28H,15-19H2. The van der Waals surface area contributed by atoms with E-state index in [2.05, 4.69) is 83.8 Å². The molecule has 0 aliphatic carbocycles. The molecule has 2 fully saturated rings. The second-order valence-corrected chi connectivity index (χ2v) is 8.39. The van der Waals surface area contributed by atoms with Crippen molar-refractivity contribution < 1.29 is 9.84 Å². The van der Waals surface area contributed by atoms with Crippen LogP contribution >= 0.6 is 0 Å². The molecule has 2 heterocycles. The largest absolute Gasteiger partial charge is 0.385 e. The van der Waals surface area contributed by atoms with Crippen LogP contribution in [0.1, 0.15) is 24.0 Å². The van der Waals surface area contributed by atoms with Crippen molar-refractivity contribution >= 4 is 0 Å². The van der Waals surface area contributed by atoms with Gasteiger partial charge in [0.1, 0.15) is 0 Å². The summed E-state index contributed by atoms with van der Waals surface area (Å²) in [5.41, 5.74) is 3.94. The van der Waals surface area contributed by atoms with E-state index >= 15 is 0 Å². The Morgan fingerprint density at radius 2 is 1.31 bits per heavy atom. The molecule has 2 saturated heterocycles. The summed E-state index contributed by atoms with van der Waals surface area (Å²) in [6, 6.07) is 29.9. The highest BCUT2D eigenvalue weighted by molar-refractivity contribution is 5.63. The number of piperidine rings is 1. The monoisotopic (exact) mass is 385 g/mol. The fourth-order valence-electron chi connectivity index (χ4n) is 4.94. The van der Waals surface area contributed by atoms with E-state index in [4.69, 9.17) is 4.74 Å². The van der Waals surface area contributed by atoms with Crippen molar-refractivity contribution in [2.75, 3.05) is 13.2 Å². The number of nitrogens with zero attached hydrogens (tertiary/aromatic N) is 1. The van der Waals surface area contributed by atoms with Crippen LogP contribution in [0, 0.1) is 0 Å². The zero-order valence-corrected chi connectivity index (χ0v) is 16.6. The molecular formula is C26H27NO2. The van der Waals surface area contributed by atoms with Gasteiger partial charge in [-0.3, -0.25) is 4.90 Å². The second-order valence-electron chi connectivity index (χ2n) is 8.39. The van der Waals surface area contributed by atoms with Crippen molar-refractivity contribution in [2.45, 2.75) is 37.1 Å². The Morgan fingerprint density at radius 1 is 0.759 bits per heavy atom. The van der Waals surface area contributed by atoms with Gasteiger partial charge in [-0.15, -0.1) is 0 Å². The van der Waals surface area contributed by atoms with Crippen LogP contribution in [-0.2, 0) is 16.9 Å². The van der Waals surface area contributed by atoms with Gasteiger partial charge in [0, 0.05) is 18.6 Å². The quantitative estimate of drug-likeness (QED) is 0.712. The molecule has 2 aliphatic heterocycles. The van der Waals surface area contributed by atoms with E-state index in [1.165, 1.54) is 16.7 Å². The average Bonchev–Trinajstić information content (AvgIpc) is 2.76. The molecule has 0 saturated carbocycles. The van der Waals surface area contributed by atoms with Crippen molar-refractivity contribution in [3.05, 3.63) is 96.1 Å². The molecule has 0 aromatic heterocycles. The summed E-state index contributed by atoms with van der Waals surface area (Å²) in [7, 11) is 0. The number of morpholine rings is 1. The molecule has 3 aromatic carbocycles.